The van der Waals surface area contributed by atoms with Gasteiger partial charge in [-0.3, -0.25) is 20.4 Å². The van der Waals surface area contributed by atoms with E-state index < -0.39 is 30.0 Å². The Balaban J connectivity index is 1.90. The molecule has 126 valence electrons. The molecule has 2 amide bonds. The molecule has 10 heteroatoms. The summed E-state index contributed by atoms with van der Waals surface area (Å²) in [6.07, 6.45) is -6.22. The van der Waals surface area contributed by atoms with E-state index in [0.717, 1.165) is 0 Å². The minimum absolute atomic E-state index is 0.0175. The Labute approximate surface area is 128 Å². The van der Waals surface area contributed by atoms with Crippen LogP contribution < -0.4 is 20.3 Å². The van der Waals surface area contributed by atoms with Gasteiger partial charge in [0.15, 0.2) is 17.1 Å². The lowest BCUT2D eigenvalue weighted by atomic mass is 10.0. The highest BCUT2D eigenvalue weighted by Gasteiger charge is 2.51. The zero-order valence-electron chi connectivity index (χ0n) is 11.9. The summed E-state index contributed by atoms with van der Waals surface area (Å²) in [6.45, 7) is 0.482. The normalized spacial score (nSPS) is 15.7. The second kappa shape index (κ2) is 5.95. The van der Waals surface area contributed by atoms with Crippen molar-refractivity contribution in [2.75, 3.05) is 6.79 Å². The van der Waals surface area contributed by atoms with Crippen molar-refractivity contribution in [1.29, 1.82) is 0 Å². The largest absolute Gasteiger partial charge is 0.454 e. The summed E-state index contributed by atoms with van der Waals surface area (Å²) in [5, 5.41) is 9.18. The first-order valence-electron chi connectivity index (χ1n) is 6.38. The number of rotatable bonds is 3. The van der Waals surface area contributed by atoms with Gasteiger partial charge in [-0.15, -0.1) is 0 Å². The molecule has 0 aromatic heterocycles. The quantitative estimate of drug-likeness (QED) is 0.713. The molecule has 0 saturated heterocycles. The molecule has 0 spiro atoms. The molecule has 1 heterocycles. The van der Waals surface area contributed by atoms with Gasteiger partial charge >= 0.3 is 6.18 Å². The lowest BCUT2D eigenvalue weighted by Gasteiger charge is -2.25. The van der Waals surface area contributed by atoms with Crippen LogP contribution in [0.1, 0.15) is 23.7 Å². The molecule has 0 aliphatic carbocycles. The minimum Gasteiger partial charge on any atom is -0.454 e. The zero-order valence-corrected chi connectivity index (χ0v) is 11.9. The van der Waals surface area contributed by atoms with Crippen LogP contribution >= 0.6 is 0 Å². The van der Waals surface area contributed by atoms with Crippen molar-refractivity contribution in [1.82, 2.24) is 10.9 Å². The van der Waals surface area contributed by atoms with Gasteiger partial charge in [0.25, 0.3) is 5.91 Å². The van der Waals surface area contributed by atoms with E-state index in [9.17, 15) is 27.9 Å². The number of ether oxygens (including phenoxy) is 2. The smallest absolute Gasteiger partial charge is 0.417 e. The van der Waals surface area contributed by atoms with E-state index in [1.165, 1.54) is 18.2 Å². The van der Waals surface area contributed by atoms with E-state index in [1.807, 2.05) is 5.43 Å². The van der Waals surface area contributed by atoms with E-state index in [1.54, 1.807) is 5.43 Å². The first kappa shape index (κ1) is 16.9. The molecule has 1 aromatic rings. The summed E-state index contributed by atoms with van der Waals surface area (Å²) in [6, 6.07) is 4.23. The highest BCUT2D eigenvalue weighted by Crippen LogP contribution is 2.33. The minimum atomic E-state index is -4.97. The zero-order chi connectivity index (χ0) is 17.3. The Kier molecular flexibility index (Phi) is 4.37. The number of halogens is 3. The van der Waals surface area contributed by atoms with Gasteiger partial charge in [0.05, 0.1) is 6.42 Å². The van der Waals surface area contributed by atoms with Crippen molar-refractivity contribution in [3.8, 4) is 11.5 Å². The molecule has 1 aromatic carbocycles. The van der Waals surface area contributed by atoms with Gasteiger partial charge in [0.1, 0.15) is 0 Å². The number of hydrogen-bond donors (Lipinski definition) is 3. The van der Waals surface area contributed by atoms with E-state index in [2.05, 4.69) is 0 Å². The number of hydrazine groups is 1. The second-order valence-corrected chi connectivity index (χ2v) is 5.02. The van der Waals surface area contributed by atoms with Gasteiger partial charge in [-0.25, -0.2) is 0 Å². The van der Waals surface area contributed by atoms with Crippen molar-refractivity contribution < 1.29 is 37.3 Å². The molecule has 0 unspecified atom stereocenters. The van der Waals surface area contributed by atoms with Crippen LogP contribution in [0.3, 0.4) is 0 Å². The number of fused-ring (bicyclic) bond motifs is 1. The average Bonchev–Trinajstić information content (AvgIpc) is 2.90. The Morgan fingerprint density at radius 3 is 2.52 bits per heavy atom. The number of nitrogens with one attached hydrogen (secondary N) is 2. The summed E-state index contributed by atoms with van der Waals surface area (Å²) in [7, 11) is 0. The van der Waals surface area contributed by atoms with E-state index >= 15 is 0 Å². The molecular formula is C13H13F3N2O5. The standard InChI is InChI=1S/C13H13F3N2O5/c1-12(21,13(14,15)16)5-10(19)17-18-11(20)7-2-3-8-9(4-7)23-6-22-8/h2-4,21H,5-6H2,1H3,(H,17,19)(H,18,20)/t12-/m1/s1. The van der Waals surface area contributed by atoms with Crippen molar-refractivity contribution in [2.24, 2.45) is 0 Å². The number of aliphatic hydroxyl groups is 1. The van der Waals surface area contributed by atoms with Crippen LogP contribution in [0.15, 0.2) is 18.2 Å². The van der Waals surface area contributed by atoms with Crippen LogP contribution in [-0.2, 0) is 4.79 Å². The summed E-state index contributed by atoms with van der Waals surface area (Å²) in [5.41, 5.74) is 0.671. The maximum atomic E-state index is 12.4. The Bertz CT molecular complexity index is 631. The molecule has 3 N–H and O–H groups in total. The van der Waals surface area contributed by atoms with E-state index in [4.69, 9.17) is 9.47 Å². The highest BCUT2D eigenvalue weighted by atomic mass is 19.4. The lowest BCUT2D eigenvalue weighted by molar-refractivity contribution is -0.253. The Morgan fingerprint density at radius 2 is 1.87 bits per heavy atom. The fourth-order valence-electron chi connectivity index (χ4n) is 1.69. The first-order chi connectivity index (χ1) is 10.6. The predicted molar refractivity (Wildman–Crippen MR) is 69.5 cm³/mol. The molecule has 2 rings (SSSR count). The number of carbonyl (C=O) groups excluding carboxylic acids is 2. The maximum Gasteiger partial charge on any atom is 0.417 e. The average molecular weight is 334 g/mol. The molecule has 0 saturated carbocycles. The molecule has 0 radical (unpaired) electrons. The SMILES string of the molecule is C[C@@](O)(CC(=O)NNC(=O)c1ccc2c(c1)OCO2)C(F)(F)F. The van der Waals surface area contributed by atoms with Crippen LogP contribution in [0.2, 0.25) is 0 Å². The van der Waals surface area contributed by atoms with Gasteiger partial charge in [-0.05, 0) is 25.1 Å². The van der Waals surface area contributed by atoms with Gasteiger partial charge < -0.3 is 14.6 Å². The summed E-state index contributed by atoms with van der Waals surface area (Å²) >= 11 is 0. The number of carbonyl (C=O) groups is 2. The second-order valence-electron chi connectivity index (χ2n) is 5.02. The molecular weight excluding hydrogens is 321 g/mol. The molecule has 1 aliphatic heterocycles. The number of benzene rings is 1. The summed E-state index contributed by atoms with van der Waals surface area (Å²) < 4.78 is 47.5. The van der Waals surface area contributed by atoms with Crippen LogP contribution in [-0.4, -0.2) is 35.5 Å². The topological polar surface area (TPSA) is 96.9 Å². The lowest BCUT2D eigenvalue weighted by Crippen LogP contribution is -2.49. The molecule has 7 nitrogen and oxygen atoms in total. The van der Waals surface area contributed by atoms with Crippen LogP contribution in [0, 0.1) is 0 Å². The first-order valence-corrected chi connectivity index (χ1v) is 6.38. The van der Waals surface area contributed by atoms with Crippen molar-refractivity contribution in [3.63, 3.8) is 0 Å². The molecule has 1 atom stereocenters. The molecule has 0 fully saturated rings. The van der Waals surface area contributed by atoms with Crippen LogP contribution in [0.4, 0.5) is 13.2 Å². The Hall–Kier alpha value is -2.49. The molecule has 1 aliphatic rings. The van der Waals surface area contributed by atoms with E-state index in [0.29, 0.717) is 18.4 Å². The van der Waals surface area contributed by atoms with Crippen LogP contribution in [0.5, 0.6) is 11.5 Å². The third-order valence-electron chi connectivity index (χ3n) is 3.07. The fourth-order valence-corrected chi connectivity index (χ4v) is 1.69. The number of hydrogen-bond acceptors (Lipinski definition) is 5. The highest BCUT2D eigenvalue weighted by molar-refractivity contribution is 5.96. The van der Waals surface area contributed by atoms with Gasteiger partial charge in [-0.2, -0.15) is 13.2 Å². The molecule has 23 heavy (non-hydrogen) atoms. The Morgan fingerprint density at radius 1 is 1.22 bits per heavy atom. The summed E-state index contributed by atoms with van der Waals surface area (Å²) in [4.78, 5) is 23.2. The van der Waals surface area contributed by atoms with Crippen molar-refractivity contribution in [3.05, 3.63) is 23.8 Å². The predicted octanol–water partition coefficient (Wildman–Crippen LogP) is 0.880. The molecule has 0 bridgehead atoms. The van der Waals surface area contributed by atoms with Gasteiger partial charge in [0, 0.05) is 5.56 Å². The third-order valence-corrected chi connectivity index (χ3v) is 3.07. The van der Waals surface area contributed by atoms with E-state index in [-0.39, 0.29) is 12.4 Å². The van der Waals surface area contributed by atoms with Gasteiger partial charge in [-0.1, -0.05) is 0 Å². The maximum absolute atomic E-state index is 12.4. The van der Waals surface area contributed by atoms with Crippen molar-refractivity contribution in [2.45, 2.75) is 25.1 Å². The van der Waals surface area contributed by atoms with Gasteiger partial charge in [0.2, 0.25) is 12.7 Å². The number of amides is 2. The fraction of sp³-hybridized carbons (Fsp3) is 0.385. The number of alkyl halides is 3. The van der Waals surface area contributed by atoms with Crippen molar-refractivity contribution >= 4 is 11.8 Å². The van der Waals surface area contributed by atoms with Crippen LogP contribution in [0.25, 0.3) is 0 Å². The third kappa shape index (κ3) is 3.83. The monoisotopic (exact) mass is 334 g/mol. The summed E-state index contributed by atoms with van der Waals surface area (Å²) in [5.74, 6) is -1.17.